The van der Waals surface area contributed by atoms with E-state index in [0.29, 0.717) is 0 Å². The molecule has 0 aliphatic carbocycles. The predicted molar refractivity (Wildman–Crippen MR) is 58.3 cm³/mol. The van der Waals surface area contributed by atoms with Crippen LogP contribution in [0.3, 0.4) is 0 Å². The third-order valence-electron chi connectivity index (χ3n) is 1.89. The van der Waals surface area contributed by atoms with Crippen LogP contribution in [0.5, 0.6) is 0 Å². The van der Waals surface area contributed by atoms with Gasteiger partial charge in [-0.2, -0.15) is 0 Å². The van der Waals surface area contributed by atoms with Crippen LogP contribution in [-0.4, -0.2) is 30.8 Å². The van der Waals surface area contributed by atoms with Crippen molar-refractivity contribution in [2.24, 2.45) is 0 Å². The summed E-state index contributed by atoms with van der Waals surface area (Å²) in [5, 5.41) is 11.6. The van der Waals surface area contributed by atoms with E-state index in [4.69, 9.17) is 21.4 Å². The molecular formula is C10H11ClFNO3. The van der Waals surface area contributed by atoms with E-state index in [1.165, 1.54) is 19.2 Å². The molecule has 16 heavy (non-hydrogen) atoms. The minimum atomic E-state index is -1.11. The predicted octanol–water partition coefficient (Wildman–Crippen LogP) is 1.99. The minimum Gasteiger partial charge on any atom is -0.480 e. The Morgan fingerprint density at radius 3 is 2.88 bits per heavy atom. The van der Waals surface area contributed by atoms with E-state index >= 15 is 0 Å². The van der Waals surface area contributed by atoms with Crippen molar-refractivity contribution in [3.05, 3.63) is 29.0 Å². The first-order valence-corrected chi connectivity index (χ1v) is 4.85. The van der Waals surface area contributed by atoms with Gasteiger partial charge in [0.15, 0.2) is 0 Å². The van der Waals surface area contributed by atoms with Crippen molar-refractivity contribution < 1.29 is 19.0 Å². The number of ether oxygens (including phenoxy) is 1. The molecule has 2 N–H and O–H groups in total. The van der Waals surface area contributed by atoms with E-state index in [2.05, 4.69) is 5.32 Å². The highest BCUT2D eigenvalue weighted by Crippen LogP contribution is 2.19. The molecule has 0 aliphatic rings. The molecule has 1 aromatic rings. The molecule has 0 radical (unpaired) electrons. The summed E-state index contributed by atoms with van der Waals surface area (Å²) in [5.74, 6) is -1.72. The van der Waals surface area contributed by atoms with E-state index in [1.54, 1.807) is 0 Å². The molecule has 1 rings (SSSR count). The Labute approximate surface area is 97.0 Å². The SMILES string of the molecule is COCC(Nc1ccc(Cl)cc1F)C(=O)O. The van der Waals surface area contributed by atoms with E-state index in [9.17, 15) is 9.18 Å². The summed E-state index contributed by atoms with van der Waals surface area (Å²) in [5.41, 5.74) is 0.0776. The average Bonchev–Trinajstić information content (AvgIpc) is 2.20. The van der Waals surface area contributed by atoms with Crippen molar-refractivity contribution in [2.75, 3.05) is 19.0 Å². The van der Waals surface area contributed by atoms with Crippen LogP contribution in [0.1, 0.15) is 0 Å². The molecule has 0 spiro atoms. The first-order valence-electron chi connectivity index (χ1n) is 4.48. The summed E-state index contributed by atoms with van der Waals surface area (Å²) >= 11 is 5.57. The molecule has 0 amide bonds. The number of hydrogen-bond donors (Lipinski definition) is 2. The third-order valence-corrected chi connectivity index (χ3v) is 2.13. The lowest BCUT2D eigenvalue weighted by atomic mass is 10.2. The highest BCUT2D eigenvalue weighted by atomic mass is 35.5. The van der Waals surface area contributed by atoms with Crippen LogP contribution in [0.25, 0.3) is 0 Å². The molecule has 4 nitrogen and oxygen atoms in total. The molecule has 1 aromatic carbocycles. The fraction of sp³-hybridized carbons (Fsp3) is 0.300. The second kappa shape index (κ2) is 5.67. The van der Waals surface area contributed by atoms with Gasteiger partial charge < -0.3 is 15.2 Å². The van der Waals surface area contributed by atoms with Gasteiger partial charge >= 0.3 is 5.97 Å². The van der Waals surface area contributed by atoms with E-state index in [-0.39, 0.29) is 17.3 Å². The molecule has 1 unspecified atom stereocenters. The number of methoxy groups -OCH3 is 1. The minimum absolute atomic E-state index is 0.0581. The molecule has 0 fully saturated rings. The van der Waals surface area contributed by atoms with Crippen LogP contribution < -0.4 is 5.32 Å². The maximum Gasteiger partial charge on any atom is 0.328 e. The van der Waals surface area contributed by atoms with Gasteiger partial charge in [-0.1, -0.05) is 11.6 Å². The number of aliphatic carboxylic acids is 1. The Morgan fingerprint density at radius 2 is 2.38 bits per heavy atom. The molecule has 0 saturated heterocycles. The molecule has 0 heterocycles. The van der Waals surface area contributed by atoms with Crippen LogP contribution in [0.4, 0.5) is 10.1 Å². The molecule has 0 bridgehead atoms. The first-order chi connectivity index (χ1) is 7.54. The number of carbonyl (C=O) groups is 1. The Morgan fingerprint density at radius 1 is 1.69 bits per heavy atom. The summed E-state index contributed by atoms with van der Waals surface area (Å²) in [6.07, 6.45) is 0. The fourth-order valence-electron chi connectivity index (χ4n) is 1.14. The lowest BCUT2D eigenvalue weighted by Crippen LogP contribution is -2.33. The number of rotatable bonds is 5. The second-order valence-corrected chi connectivity index (χ2v) is 3.55. The number of carboxylic acid groups (broad SMARTS) is 1. The van der Waals surface area contributed by atoms with Gasteiger partial charge in [-0.3, -0.25) is 0 Å². The molecule has 0 saturated carbocycles. The largest absolute Gasteiger partial charge is 0.480 e. The highest BCUT2D eigenvalue weighted by Gasteiger charge is 2.18. The standard InChI is InChI=1S/C10H11ClFNO3/c1-16-5-9(10(14)15)13-8-3-2-6(11)4-7(8)12/h2-4,9,13H,5H2,1H3,(H,14,15). The van der Waals surface area contributed by atoms with Crippen molar-refractivity contribution in [3.8, 4) is 0 Å². The van der Waals surface area contributed by atoms with Gasteiger partial charge in [0, 0.05) is 12.1 Å². The number of anilines is 1. The Kier molecular flexibility index (Phi) is 4.52. The van der Waals surface area contributed by atoms with E-state index in [0.717, 1.165) is 6.07 Å². The summed E-state index contributed by atoms with van der Waals surface area (Å²) in [4.78, 5) is 10.8. The summed E-state index contributed by atoms with van der Waals surface area (Å²) in [6, 6.07) is 2.96. The molecular weight excluding hydrogens is 237 g/mol. The zero-order valence-corrected chi connectivity index (χ0v) is 9.29. The van der Waals surface area contributed by atoms with Gasteiger partial charge in [0.25, 0.3) is 0 Å². The van der Waals surface area contributed by atoms with Crippen molar-refractivity contribution in [2.45, 2.75) is 6.04 Å². The summed E-state index contributed by atoms with van der Waals surface area (Å²) in [6.45, 7) is -0.0581. The van der Waals surface area contributed by atoms with Crippen molar-refractivity contribution in [1.82, 2.24) is 0 Å². The normalized spacial score (nSPS) is 12.2. The highest BCUT2D eigenvalue weighted by molar-refractivity contribution is 6.30. The van der Waals surface area contributed by atoms with Crippen LogP contribution in [0, 0.1) is 5.82 Å². The monoisotopic (exact) mass is 247 g/mol. The lowest BCUT2D eigenvalue weighted by Gasteiger charge is -2.15. The lowest BCUT2D eigenvalue weighted by molar-refractivity contribution is -0.139. The van der Waals surface area contributed by atoms with Crippen LogP contribution in [-0.2, 0) is 9.53 Å². The molecule has 6 heteroatoms. The Hall–Kier alpha value is -1.33. The maximum absolute atomic E-state index is 13.3. The summed E-state index contributed by atoms with van der Waals surface area (Å²) < 4.78 is 18.0. The van der Waals surface area contributed by atoms with Crippen molar-refractivity contribution in [3.63, 3.8) is 0 Å². The van der Waals surface area contributed by atoms with Crippen LogP contribution in [0.15, 0.2) is 18.2 Å². The smallest absolute Gasteiger partial charge is 0.328 e. The topological polar surface area (TPSA) is 58.6 Å². The molecule has 88 valence electrons. The molecule has 1 atom stereocenters. The quantitative estimate of drug-likeness (QED) is 0.836. The van der Waals surface area contributed by atoms with Gasteiger partial charge in [0.1, 0.15) is 11.9 Å². The molecule has 0 aliphatic heterocycles. The number of benzene rings is 1. The number of halogens is 2. The van der Waals surface area contributed by atoms with Crippen LogP contribution in [0.2, 0.25) is 5.02 Å². The van der Waals surface area contributed by atoms with E-state index in [1.807, 2.05) is 0 Å². The number of hydrogen-bond acceptors (Lipinski definition) is 3. The van der Waals surface area contributed by atoms with Gasteiger partial charge in [-0.05, 0) is 18.2 Å². The number of carboxylic acids is 1. The van der Waals surface area contributed by atoms with Crippen molar-refractivity contribution in [1.29, 1.82) is 0 Å². The Bertz CT molecular complexity index is 386. The Balaban J connectivity index is 2.81. The zero-order chi connectivity index (χ0) is 12.1. The summed E-state index contributed by atoms with van der Waals surface area (Å²) in [7, 11) is 1.37. The van der Waals surface area contributed by atoms with Crippen LogP contribution >= 0.6 is 11.6 Å². The van der Waals surface area contributed by atoms with E-state index < -0.39 is 17.8 Å². The zero-order valence-electron chi connectivity index (χ0n) is 8.54. The van der Waals surface area contributed by atoms with Gasteiger partial charge in [0.2, 0.25) is 0 Å². The third kappa shape index (κ3) is 3.36. The van der Waals surface area contributed by atoms with Crippen molar-refractivity contribution >= 4 is 23.3 Å². The van der Waals surface area contributed by atoms with Gasteiger partial charge in [-0.15, -0.1) is 0 Å². The number of nitrogens with one attached hydrogen (secondary N) is 1. The first kappa shape index (κ1) is 12.7. The maximum atomic E-state index is 13.3. The van der Waals surface area contributed by atoms with Gasteiger partial charge in [-0.25, -0.2) is 9.18 Å². The second-order valence-electron chi connectivity index (χ2n) is 3.11. The van der Waals surface area contributed by atoms with Gasteiger partial charge in [0.05, 0.1) is 12.3 Å². The average molecular weight is 248 g/mol. The molecule has 0 aromatic heterocycles. The fourth-order valence-corrected chi connectivity index (χ4v) is 1.29.